The van der Waals surface area contributed by atoms with Crippen molar-refractivity contribution in [2.24, 2.45) is 5.41 Å². The summed E-state index contributed by atoms with van der Waals surface area (Å²) >= 11 is 0. The van der Waals surface area contributed by atoms with Gasteiger partial charge in [-0.1, -0.05) is 6.92 Å². The number of carbonyl (C=O) groups is 1. The molecular formula is C17H24N2O7S3. The van der Waals surface area contributed by atoms with E-state index in [0.717, 1.165) is 4.31 Å². The van der Waals surface area contributed by atoms with Gasteiger partial charge in [-0.3, -0.25) is 4.79 Å². The van der Waals surface area contributed by atoms with Crippen LogP contribution in [0.25, 0.3) is 0 Å². The molecule has 0 saturated carbocycles. The third kappa shape index (κ3) is 3.94. The Morgan fingerprint density at radius 3 is 2.14 bits per heavy atom. The molecule has 2 saturated heterocycles. The molecular weight excluding hydrogens is 440 g/mol. The summed E-state index contributed by atoms with van der Waals surface area (Å²) in [5, 5.41) is 0. The Balaban J connectivity index is 1.92. The maximum absolute atomic E-state index is 13.0. The van der Waals surface area contributed by atoms with E-state index in [2.05, 4.69) is 0 Å². The van der Waals surface area contributed by atoms with E-state index in [9.17, 15) is 30.0 Å². The molecule has 1 amide bonds. The number of anilines is 1. The maximum Gasteiger partial charge on any atom is 0.247 e. The Labute approximate surface area is 171 Å². The van der Waals surface area contributed by atoms with E-state index in [4.69, 9.17) is 0 Å². The Hall–Kier alpha value is -1.50. The van der Waals surface area contributed by atoms with E-state index in [1.165, 1.54) is 24.3 Å². The average Bonchev–Trinajstić information content (AvgIpc) is 3.01. The van der Waals surface area contributed by atoms with Crippen LogP contribution in [0, 0.1) is 5.41 Å². The van der Waals surface area contributed by atoms with Crippen LogP contribution in [0.5, 0.6) is 0 Å². The van der Waals surface area contributed by atoms with Crippen molar-refractivity contribution in [2.75, 3.05) is 28.1 Å². The molecule has 0 aromatic heterocycles. The van der Waals surface area contributed by atoms with Crippen LogP contribution in [0.3, 0.4) is 0 Å². The largest absolute Gasteiger partial charge is 0.273 e. The van der Waals surface area contributed by atoms with Crippen molar-refractivity contribution >= 4 is 41.5 Å². The first-order chi connectivity index (χ1) is 13.2. The fourth-order valence-corrected chi connectivity index (χ4v) is 9.37. The third-order valence-electron chi connectivity index (χ3n) is 5.19. The van der Waals surface area contributed by atoms with Gasteiger partial charge in [-0.25, -0.2) is 29.6 Å². The quantitative estimate of drug-likeness (QED) is 0.624. The SMILES string of the molecule is CCN([C@@H]1CCS(=O)(=O)C1)S(=O)(=O)c1ccc(N2C(=O)C(C)(C)CS2(=O)=O)cc1. The number of hydrogen-bond donors (Lipinski definition) is 0. The molecule has 1 atom stereocenters. The second-order valence-corrected chi connectivity index (χ2v) is 13.9. The van der Waals surface area contributed by atoms with Gasteiger partial charge >= 0.3 is 0 Å². The Morgan fingerprint density at radius 1 is 1.14 bits per heavy atom. The molecule has 0 bridgehead atoms. The number of rotatable bonds is 5. The number of carbonyl (C=O) groups excluding carboxylic acids is 1. The molecule has 29 heavy (non-hydrogen) atoms. The highest BCUT2D eigenvalue weighted by molar-refractivity contribution is 7.94. The molecule has 9 nitrogen and oxygen atoms in total. The van der Waals surface area contributed by atoms with Crippen LogP contribution in [0.1, 0.15) is 27.2 Å². The average molecular weight is 465 g/mol. The number of hydrogen-bond acceptors (Lipinski definition) is 7. The van der Waals surface area contributed by atoms with Crippen LogP contribution in [0.15, 0.2) is 29.2 Å². The van der Waals surface area contributed by atoms with Crippen molar-refractivity contribution < 1.29 is 30.0 Å². The number of nitrogens with zero attached hydrogens (tertiary/aromatic N) is 2. The van der Waals surface area contributed by atoms with E-state index in [0.29, 0.717) is 4.31 Å². The van der Waals surface area contributed by atoms with Gasteiger partial charge < -0.3 is 0 Å². The third-order valence-corrected chi connectivity index (χ3v) is 11.0. The zero-order chi connectivity index (χ0) is 21.8. The standard InChI is InChI=1S/C17H24N2O7S3/c1-4-18(14-9-10-27(21,22)11-14)29(25,26)15-7-5-13(6-8-15)19-16(20)17(2,3)12-28(19,23)24/h5-8,14H,4,9-12H2,1-3H3/t14-/m1/s1. The van der Waals surface area contributed by atoms with Crippen LogP contribution in [0.4, 0.5) is 5.69 Å². The number of benzene rings is 1. The molecule has 162 valence electrons. The molecule has 0 radical (unpaired) electrons. The molecule has 2 aliphatic heterocycles. The highest BCUT2D eigenvalue weighted by Crippen LogP contribution is 2.36. The van der Waals surface area contributed by atoms with Gasteiger partial charge in [0.25, 0.3) is 0 Å². The van der Waals surface area contributed by atoms with Gasteiger partial charge in [-0.2, -0.15) is 4.31 Å². The lowest BCUT2D eigenvalue weighted by atomic mass is 9.95. The van der Waals surface area contributed by atoms with E-state index in [-0.39, 0.29) is 40.8 Å². The highest BCUT2D eigenvalue weighted by Gasteiger charge is 2.50. The van der Waals surface area contributed by atoms with Crippen molar-refractivity contribution in [2.45, 2.75) is 38.1 Å². The van der Waals surface area contributed by atoms with E-state index in [1.54, 1.807) is 20.8 Å². The summed E-state index contributed by atoms with van der Waals surface area (Å²) in [6, 6.07) is 4.41. The normalized spacial score (nSPS) is 25.6. The van der Waals surface area contributed by atoms with Gasteiger partial charge in [0.15, 0.2) is 9.84 Å². The topological polar surface area (TPSA) is 126 Å². The zero-order valence-electron chi connectivity index (χ0n) is 16.4. The first kappa shape index (κ1) is 22.2. The van der Waals surface area contributed by atoms with Crippen LogP contribution in [0.2, 0.25) is 0 Å². The Kier molecular flexibility index (Phi) is 5.38. The lowest BCUT2D eigenvalue weighted by Crippen LogP contribution is -2.40. The van der Waals surface area contributed by atoms with Crippen molar-refractivity contribution in [3.8, 4) is 0 Å². The minimum absolute atomic E-state index is 0.0483. The molecule has 2 heterocycles. The highest BCUT2D eigenvalue weighted by atomic mass is 32.2. The maximum atomic E-state index is 13.0. The van der Waals surface area contributed by atoms with Gasteiger partial charge in [0.05, 0.1) is 33.3 Å². The fraction of sp³-hybridized carbons (Fsp3) is 0.588. The minimum atomic E-state index is -3.97. The molecule has 12 heteroatoms. The van der Waals surface area contributed by atoms with Gasteiger partial charge in [0, 0.05) is 12.6 Å². The van der Waals surface area contributed by atoms with Crippen molar-refractivity contribution in [1.29, 1.82) is 0 Å². The van der Waals surface area contributed by atoms with Crippen molar-refractivity contribution in [3.63, 3.8) is 0 Å². The summed E-state index contributed by atoms with van der Waals surface area (Å²) in [6.07, 6.45) is 0.239. The summed E-state index contributed by atoms with van der Waals surface area (Å²) < 4.78 is 76.2. The Bertz CT molecular complexity index is 1140. The molecule has 3 rings (SSSR count). The smallest absolute Gasteiger partial charge is 0.247 e. The second kappa shape index (κ2) is 7.03. The summed E-state index contributed by atoms with van der Waals surface area (Å²) in [4.78, 5) is 12.4. The van der Waals surface area contributed by atoms with Crippen molar-refractivity contribution in [1.82, 2.24) is 4.31 Å². The van der Waals surface area contributed by atoms with E-state index >= 15 is 0 Å². The molecule has 1 aromatic rings. The van der Waals surface area contributed by atoms with Gasteiger partial charge in [-0.15, -0.1) is 0 Å². The first-order valence-corrected chi connectivity index (χ1v) is 14.0. The summed E-state index contributed by atoms with van der Waals surface area (Å²) in [5.41, 5.74) is -0.984. The van der Waals surface area contributed by atoms with Crippen LogP contribution < -0.4 is 4.31 Å². The monoisotopic (exact) mass is 464 g/mol. The number of amides is 1. The summed E-state index contributed by atoms with van der Waals surface area (Å²) in [5.74, 6) is -1.15. The molecule has 0 spiro atoms. The number of sulfonamides is 2. The zero-order valence-corrected chi connectivity index (χ0v) is 18.8. The van der Waals surface area contributed by atoms with Crippen molar-refractivity contribution in [3.05, 3.63) is 24.3 Å². The van der Waals surface area contributed by atoms with Gasteiger partial charge in [0.2, 0.25) is 26.0 Å². The van der Waals surface area contributed by atoms with Crippen LogP contribution in [-0.4, -0.2) is 65.3 Å². The summed E-state index contributed by atoms with van der Waals surface area (Å²) in [6.45, 7) is 4.83. The first-order valence-electron chi connectivity index (χ1n) is 9.11. The lowest BCUT2D eigenvalue weighted by Gasteiger charge is -2.26. The fourth-order valence-electron chi connectivity index (χ4n) is 3.78. The molecule has 0 N–H and O–H groups in total. The molecule has 0 aliphatic carbocycles. The minimum Gasteiger partial charge on any atom is -0.273 e. The van der Waals surface area contributed by atoms with Gasteiger partial charge in [-0.05, 0) is 44.5 Å². The Morgan fingerprint density at radius 2 is 1.72 bits per heavy atom. The summed E-state index contributed by atoms with van der Waals surface area (Å²) in [7, 11) is -11.1. The molecule has 2 aliphatic rings. The second-order valence-electron chi connectivity index (χ2n) is 7.97. The molecule has 0 unspecified atom stereocenters. The van der Waals surface area contributed by atoms with E-state index in [1.807, 2.05) is 0 Å². The van der Waals surface area contributed by atoms with E-state index < -0.39 is 47.2 Å². The van der Waals surface area contributed by atoms with Crippen LogP contribution >= 0.6 is 0 Å². The van der Waals surface area contributed by atoms with Crippen LogP contribution in [-0.2, 0) is 34.7 Å². The van der Waals surface area contributed by atoms with Gasteiger partial charge in [0.1, 0.15) is 0 Å². The molecule has 1 aromatic carbocycles. The molecule has 2 fully saturated rings. The number of sulfone groups is 1. The lowest BCUT2D eigenvalue weighted by molar-refractivity contribution is -0.123. The predicted octanol–water partition coefficient (Wildman–Crippen LogP) is 0.587. The predicted molar refractivity (Wildman–Crippen MR) is 108 cm³/mol.